The zero-order valence-corrected chi connectivity index (χ0v) is 22.1. The lowest BCUT2D eigenvalue weighted by atomic mass is 10.2. The van der Waals surface area contributed by atoms with Crippen LogP contribution in [0, 0.1) is 12.7 Å². The Morgan fingerprint density at radius 2 is 2.03 bits per heavy atom. The number of aryl methyl sites for hydroxylation is 1. The van der Waals surface area contributed by atoms with Gasteiger partial charge in [-0.25, -0.2) is 14.4 Å². The van der Waals surface area contributed by atoms with Gasteiger partial charge in [-0.15, -0.1) is 0 Å². The van der Waals surface area contributed by atoms with E-state index >= 15 is 0 Å². The molecule has 1 fully saturated rings. The second-order valence-electron chi connectivity index (χ2n) is 9.02. The molecule has 3 aromatic rings. The third kappa shape index (κ3) is 6.17. The topological polar surface area (TPSA) is 75.1 Å². The zero-order chi connectivity index (χ0) is 26.4. The van der Waals surface area contributed by atoms with Crippen LogP contribution in [-0.4, -0.2) is 72.5 Å². The fourth-order valence-electron chi connectivity index (χ4n) is 4.41. The first kappa shape index (κ1) is 26.3. The summed E-state index contributed by atoms with van der Waals surface area (Å²) in [5, 5.41) is 4.06. The molecule has 1 saturated heterocycles. The maximum absolute atomic E-state index is 13.7. The number of hydrogen-bond acceptors (Lipinski definition) is 7. The number of aliphatic imine (C=N–C) groups is 1. The Morgan fingerprint density at radius 1 is 1.19 bits per heavy atom. The van der Waals surface area contributed by atoms with Crippen LogP contribution in [0.5, 0.6) is 11.5 Å². The number of amidine groups is 1. The summed E-state index contributed by atoms with van der Waals surface area (Å²) in [6.45, 7) is 12.1. The molecule has 0 bridgehead atoms. The van der Waals surface area contributed by atoms with E-state index in [-0.39, 0.29) is 5.82 Å². The molecular weight excluding hydrogens is 471 g/mol. The third-order valence-corrected chi connectivity index (χ3v) is 6.58. The van der Waals surface area contributed by atoms with Crippen LogP contribution in [0.2, 0.25) is 0 Å². The van der Waals surface area contributed by atoms with Gasteiger partial charge in [0.15, 0.2) is 11.5 Å². The molecule has 8 nitrogen and oxygen atoms in total. The summed E-state index contributed by atoms with van der Waals surface area (Å²) in [5.74, 6) is 2.67. The summed E-state index contributed by atoms with van der Waals surface area (Å²) in [7, 11) is 3.46. The second kappa shape index (κ2) is 12.0. The fraction of sp³-hybridized carbons (Fsp3) is 0.393. The quantitative estimate of drug-likeness (QED) is 0.380. The summed E-state index contributed by atoms with van der Waals surface area (Å²) >= 11 is 0. The van der Waals surface area contributed by atoms with Crippen LogP contribution >= 0.6 is 0 Å². The smallest absolute Gasteiger partial charge is 0.162 e. The van der Waals surface area contributed by atoms with Crippen molar-refractivity contribution in [1.29, 1.82) is 0 Å². The van der Waals surface area contributed by atoms with Gasteiger partial charge in [0.2, 0.25) is 0 Å². The van der Waals surface area contributed by atoms with Crippen molar-refractivity contribution in [2.45, 2.75) is 26.7 Å². The standard InChI is InChI=1S/C28H35FN6O2/c1-6-20(3)35-12-11-34(17-27(35)30-4)10-7-13-37-26-15-22-24(16-25(26)36-5)31-18-32-28(22)33-21-8-9-23(29)19(2)14-21/h8-9,14-16,18H,3,6-7,10-13,17H2,1-2,4-5H3,(H,31,32,33). The second-order valence-corrected chi connectivity index (χ2v) is 9.02. The Morgan fingerprint density at radius 3 is 2.76 bits per heavy atom. The Bertz CT molecular complexity index is 1300. The monoisotopic (exact) mass is 506 g/mol. The number of aromatic nitrogens is 2. The molecule has 0 radical (unpaired) electrons. The average molecular weight is 507 g/mol. The van der Waals surface area contributed by atoms with Gasteiger partial charge in [0.25, 0.3) is 0 Å². The van der Waals surface area contributed by atoms with Crippen molar-refractivity contribution < 1.29 is 13.9 Å². The van der Waals surface area contributed by atoms with Crippen LogP contribution in [0.3, 0.4) is 0 Å². The molecule has 9 heteroatoms. The van der Waals surface area contributed by atoms with Crippen molar-refractivity contribution >= 4 is 28.2 Å². The molecule has 1 aliphatic heterocycles. The van der Waals surface area contributed by atoms with Crippen molar-refractivity contribution in [3.63, 3.8) is 0 Å². The molecule has 0 saturated carbocycles. The first-order valence-corrected chi connectivity index (χ1v) is 12.6. The molecule has 2 aromatic carbocycles. The molecular formula is C28H35FN6O2. The third-order valence-electron chi connectivity index (χ3n) is 6.58. The fourth-order valence-corrected chi connectivity index (χ4v) is 4.41. The van der Waals surface area contributed by atoms with Crippen molar-refractivity contribution in [2.24, 2.45) is 4.99 Å². The number of ether oxygens (including phenoxy) is 2. The Hall–Kier alpha value is -3.72. The van der Waals surface area contributed by atoms with Gasteiger partial charge in [-0.05, 0) is 49.6 Å². The zero-order valence-electron chi connectivity index (χ0n) is 22.1. The number of nitrogens with zero attached hydrogens (tertiary/aromatic N) is 5. The lowest BCUT2D eigenvalue weighted by molar-refractivity contribution is 0.217. The molecule has 1 aliphatic rings. The number of rotatable bonds is 10. The van der Waals surface area contributed by atoms with E-state index in [9.17, 15) is 4.39 Å². The molecule has 37 heavy (non-hydrogen) atoms. The number of halogens is 1. The van der Waals surface area contributed by atoms with E-state index in [0.29, 0.717) is 29.5 Å². The minimum Gasteiger partial charge on any atom is -0.493 e. The van der Waals surface area contributed by atoms with E-state index < -0.39 is 0 Å². The number of piperazine rings is 1. The van der Waals surface area contributed by atoms with E-state index in [1.165, 1.54) is 12.4 Å². The highest BCUT2D eigenvalue weighted by molar-refractivity contribution is 5.93. The molecule has 1 N–H and O–H groups in total. The molecule has 0 unspecified atom stereocenters. The molecule has 0 amide bonds. The molecule has 4 rings (SSSR count). The molecule has 0 atom stereocenters. The predicted octanol–water partition coefficient (Wildman–Crippen LogP) is 5.17. The lowest BCUT2D eigenvalue weighted by Gasteiger charge is -2.37. The van der Waals surface area contributed by atoms with Gasteiger partial charge in [0.1, 0.15) is 23.8 Å². The number of allylic oxidation sites excluding steroid dienone is 1. The van der Waals surface area contributed by atoms with Crippen LogP contribution in [0.15, 0.2) is 53.9 Å². The molecule has 0 spiro atoms. The number of anilines is 2. The number of fused-ring (bicyclic) bond motifs is 1. The van der Waals surface area contributed by atoms with Gasteiger partial charge in [-0.1, -0.05) is 13.5 Å². The minimum atomic E-state index is -0.245. The SMILES string of the molecule is C=C(CC)N1CCN(CCCOc2cc3c(Nc4ccc(F)c(C)c4)ncnc3cc2OC)CC1=NC. The van der Waals surface area contributed by atoms with E-state index in [2.05, 4.69) is 43.6 Å². The van der Waals surface area contributed by atoms with Gasteiger partial charge < -0.3 is 19.7 Å². The Balaban J connectivity index is 1.42. The number of benzene rings is 2. The number of nitrogens with one attached hydrogen (secondary N) is 1. The predicted molar refractivity (Wildman–Crippen MR) is 147 cm³/mol. The first-order chi connectivity index (χ1) is 17.9. The summed E-state index contributed by atoms with van der Waals surface area (Å²) in [4.78, 5) is 17.9. The largest absolute Gasteiger partial charge is 0.493 e. The van der Waals surface area contributed by atoms with Crippen molar-refractivity contribution in [1.82, 2.24) is 19.8 Å². The van der Waals surface area contributed by atoms with Crippen molar-refractivity contribution in [3.05, 3.63) is 60.3 Å². The van der Waals surface area contributed by atoms with E-state index in [4.69, 9.17) is 9.47 Å². The van der Waals surface area contributed by atoms with Gasteiger partial charge in [-0.2, -0.15) is 0 Å². The van der Waals surface area contributed by atoms with Crippen molar-refractivity contribution in [2.75, 3.05) is 52.3 Å². The Labute approximate surface area is 217 Å². The highest BCUT2D eigenvalue weighted by Gasteiger charge is 2.22. The van der Waals surface area contributed by atoms with Crippen LogP contribution < -0.4 is 14.8 Å². The summed E-state index contributed by atoms with van der Waals surface area (Å²) in [5.41, 5.74) is 3.13. The normalized spacial score (nSPS) is 15.3. The maximum Gasteiger partial charge on any atom is 0.162 e. The minimum absolute atomic E-state index is 0.245. The van der Waals surface area contributed by atoms with Crippen LogP contribution in [0.25, 0.3) is 10.9 Å². The molecule has 1 aromatic heterocycles. The van der Waals surface area contributed by atoms with Crippen molar-refractivity contribution in [3.8, 4) is 11.5 Å². The maximum atomic E-state index is 13.7. The van der Waals surface area contributed by atoms with Gasteiger partial charge in [0, 0.05) is 49.5 Å². The van der Waals surface area contributed by atoms with Gasteiger partial charge >= 0.3 is 0 Å². The van der Waals surface area contributed by atoms with E-state index in [1.807, 2.05) is 19.2 Å². The van der Waals surface area contributed by atoms with E-state index in [0.717, 1.165) is 67.1 Å². The average Bonchev–Trinajstić information content (AvgIpc) is 2.92. The van der Waals surface area contributed by atoms with Crippen LogP contribution in [-0.2, 0) is 0 Å². The lowest BCUT2D eigenvalue weighted by Crippen LogP contribution is -2.50. The highest BCUT2D eigenvalue weighted by atomic mass is 19.1. The highest BCUT2D eigenvalue weighted by Crippen LogP contribution is 2.35. The number of hydrogen-bond donors (Lipinski definition) is 1. The van der Waals surface area contributed by atoms with Crippen LogP contribution in [0.1, 0.15) is 25.3 Å². The van der Waals surface area contributed by atoms with Gasteiger partial charge in [0.05, 0.1) is 25.8 Å². The van der Waals surface area contributed by atoms with E-state index in [1.54, 1.807) is 26.2 Å². The molecule has 2 heterocycles. The van der Waals surface area contributed by atoms with Crippen LogP contribution in [0.4, 0.5) is 15.9 Å². The molecule has 0 aliphatic carbocycles. The van der Waals surface area contributed by atoms with Gasteiger partial charge in [-0.3, -0.25) is 9.89 Å². The summed E-state index contributed by atoms with van der Waals surface area (Å²) in [6.07, 6.45) is 3.27. The summed E-state index contributed by atoms with van der Waals surface area (Å²) in [6, 6.07) is 8.61. The first-order valence-electron chi connectivity index (χ1n) is 12.6. The summed E-state index contributed by atoms with van der Waals surface area (Å²) < 4.78 is 25.4. The number of methoxy groups -OCH3 is 1. The molecule has 196 valence electrons. The Kier molecular flexibility index (Phi) is 8.55.